The predicted octanol–water partition coefficient (Wildman–Crippen LogP) is 2.66. The molecule has 0 aliphatic heterocycles. The third-order valence-corrected chi connectivity index (χ3v) is 3.77. The quantitative estimate of drug-likeness (QED) is 0.639. The molecule has 1 saturated carbocycles. The van der Waals surface area contributed by atoms with Gasteiger partial charge in [0.25, 0.3) is 0 Å². The fourth-order valence-corrected chi connectivity index (χ4v) is 2.70. The highest BCUT2D eigenvalue weighted by Gasteiger charge is 2.27. The van der Waals surface area contributed by atoms with E-state index in [1.54, 1.807) is 12.1 Å². The molecule has 1 aliphatic rings. The van der Waals surface area contributed by atoms with E-state index in [4.69, 9.17) is 9.84 Å². The maximum atomic E-state index is 11.0. The number of aliphatic carboxylic acids is 1. The van der Waals surface area contributed by atoms with Crippen LogP contribution in [0.5, 0.6) is 5.75 Å². The molecule has 7 nitrogen and oxygen atoms in total. The van der Waals surface area contributed by atoms with E-state index < -0.39 is 10.9 Å². The molecule has 0 bridgehead atoms. The van der Waals surface area contributed by atoms with Crippen LogP contribution in [0.25, 0.3) is 0 Å². The van der Waals surface area contributed by atoms with E-state index in [1.807, 2.05) is 0 Å². The van der Waals surface area contributed by atoms with Crippen molar-refractivity contribution in [2.75, 3.05) is 12.4 Å². The van der Waals surface area contributed by atoms with Crippen molar-refractivity contribution in [3.05, 3.63) is 28.3 Å². The first-order valence-corrected chi connectivity index (χ1v) is 6.83. The number of rotatable bonds is 5. The van der Waals surface area contributed by atoms with E-state index >= 15 is 0 Å². The first-order chi connectivity index (χ1) is 10.0. The maximum absolute atomic E-state index is 11.0. The molecule has 0 heterocycles. The standard InChI is InChI=1S/C14H18N2O5/c1-21-13-8-11(5-6-12(13)16(19)20)15-10-4-2-3-9(7-10)14(17)18/h5-6,8-10,15H,2-4,7H2,1H3,(H,17,18). The minimum absolute atomic E-state index is 0.0611. The van der Waals surface area contributed by atoms with E-state index in [0.717, 1.165) is 12.8 Å². The van der Waals surface area contributed by atoms with Crippen LogP contribution in [0.15, 0.2) is 18.2 Å². The highest BCUT2D eigenvalue weighted by atomic mass is 16.6. The average molecular weight is 294 g/mol. The number of benzene rings is 1. The van der Waals surface area contributed by atoms with Crippen molar-refractivity contribution < 1.29 is 19.6 Å². The number of nitro groups is 1. The third-order valence-electron chi connectivity index (χ3n) is 3.77. The fraction of sp³-hybridized carbons (Fsp3) is 0.500. The Morgan fingerprint density at radius 3 is 2.86 bits per heavy atom. The van der Waals surface area contributed by atoms with Crippen molar-refractivity contribution in [2.24, 2.45) is 5.92 Å². The Balaban J connectivity index is 2.09. The largest absolute Gasteiger partial charge is 0.490 e. The lowest BCUT2D eigenvalue weighted by molar-refractivity contribution is -0.385. The van der Waals surface area contributed by atoms with Gasteiger partial charge in [-0.3, -0.25) is 14.9 Å². The normalized spacial score (nSPS) is 21.6. The minimum Gasteiger partial charge on any atom is -0.490 e. The lowest BCUT2D eigenvalue weighted by Gasteiger charge is -2.28. The van der Waals surface area contributed by atoms with Gasteiger partial charge in [0.2, 0.25) is 0 Å². The summed E-state index contributed by atoms with van der Waals surface area (Å²) in [5, 5.41) is 23.2. The van der Waals surface area contributed by atoms with Crippen LogP contribution >= 0.6 is 0 Å². The lowest BCUT2D eigenvalue weighted by Crippen LogP contribution is -2.30. The summed E-state index contributed by atoms with van der Waals surface area (Å²) in [7, 11) is 1.38. The Morgan fingerprint density at radius 1 is 1.48 bits per heavy atom. The second kappa shape index (κ2) is 6.43. The van der Waals surface area contributed by atoms with Crippen LogP contribution in [-0.2, 0) is 4.79 Å². The summed E-state index contributed by atoms with van der Waals surface area (Å²) in [6, 6.07) is 4.64. The Morgan fingerprint density at radius 2 is 2.24 bits per heavy atom. The van der Waals surface area contributed by atoms with Crippen LogP contribution in [0.2, 0.25) is 0 Å². The van der Waals surface area contributed by atoms with Gasteiger partial charge in [0, 0.05) is 23.9 Å². The van der Waals surface area contributed by atoms with E-state index in [-0.39, 0.29) is 23.4 Å². The van der Waals surface area contributed by atoms with Crippen molar-refractivity contribution in [2.45, 2.75) is 31.7 Å². The Kier molecular flexibility index (Phi) is 4.62. The van der Waals surface area contributed by atoms with Crippen molar-refractivity contribution in [1.82, 2.24) is 0 Å². The minimum atomic E-state index is -0.761. The van der Waals surface area contributed by atoms with Gasteiger partial charge in [0.05, 0.1) is 18.0 Å². The van der Waals surface area contributed by atoms with Crippen LogP contribution in [0.1, 0.15) is 25.7 Å². The van der Waals surface area contributed by atoms with E-state index in [9.17, 15) is 14.9 Å². The van der Waals surface area contributed by atoms with Crippen molar-refractivity contribution >= 4 is 17.3 Å². The summed E-state index contributed by atoms with van der Waals surface area (Å²) in [4.78, 5) is 21.4. The van der Waals surface area contributed by atoms with Crippen molar-refractivity contribution in [1.29, 1.82) is 0 Å². The molecule has 1 aliphatic carbocycles. The second-order valence-corrected chi connectivity index (χ2v) is 5.19. The number of nitrogens with one attached hydrogen (secondary N) is 1. The summed E-state index contributed by atoms with van der Waals surface area (Å²) < 4.78 is 5.02. The first kappa shape index (κ1) is 15.1. The average Bonchev–Trinajstić information content (AvgIpc) is 2.47. The number of nitro benzene ring substituents is 1. The number of hydrogen-bond acceptors (Lipinski definition) is 5. The van der Waals surface area contributed by atoms with E-state index in [2.05, 4.69) is 5.32 Å². The summed E-state index contributed by atoms with van der Waals surface area (Å²) in [6.07, 6.45) is 3.02. The van der Waals surface area contributed by atoms with Gasteiger partial charge in [0.1, 0.15) is 0 Å². The number of carboxylic acids is 1. The molecule has 2 rings (SSSR count). The molecule has 0 amide bonds. The highest BCUT2D eigenvalue weighted by Crippen LogP contribution is 2.32. The Hall–Kier alpha value is -2.31. The highest BCUT2D eigenvalue weighted by molar-refractivity contribution is 5.70. The topological polar surface area (TPSA) is 102 Å². The molecular formula is C14H18N2O5. The number of carbonyl (C=O) groups is 1. The van der Waals surface area contributed by atoms with Crippen molar-refractivity contribution in [3.8, 4) is 5.75 Å². The Labute approximate surface area is 122 Å². The Bertz CT molecular complexity index is 546. The molecule has 1 aromatic carbocycles. The van der Waals surface area contributed by atoms with E-state index in [0.29, 0.717) is 18.5 Å². The maximum Gasteiger partial charge on any atom is 0.311 e. The van der Waals surface area contributed by atoms with Crippen LogP contribution in [0.3, 0.4) is 0 Å². The molecular weight excluding hydrogens is 276 g/mol. The molecule has 21 heavy (non-hydrogen) atoms. The van der Waals surface area contributed by atoms with E-state index in [1.165, 1.54) is 13.2 Å². The smallest absolute Gasteiger partial charge is 0.311 e. The van der Waals surface area contributed by atoms with Gasteiger partial charge in [-0.05, 0) is 25.3 Å². The van der Waals surface area contributed by atoms with Gasteiger partial charge < -0.3 is 15.2 Å². The summed E-state index contributed by atoms with van der Waals surface area (Å²) in [5.41, 5.74) is 0.614. The predicted molar refractivity (Wildman–Crippen MR) is 76.7 cm³/mol. The van der Waals surface area contributed by atoms with Crippen molar-refractivity contribution in [3.63, 3.8) is 0 Å². The van der Waals surface area contributed by atoms with Crippen LogP contribution in [0, 0.1) is 16.0 Å². The monoisotopic (exact) mass is 294 g/mol. The number of anilines is 1. The van der Waals surface area contributed by atoms with Crippen LogP contribution in [0.4, 0.5) is 11.4 Å². The summed E-state index contributed by atoms with van der Waals surface area (Å²) in [6.45, 7) is 0. The molecule has 2 N–H and O–H groups in total. The molecule has 0 aromatic heterocycles. The molecule has 0 spiro atoms. The van der Waals surface area contributed by atoms with Gasteiger partial charge in [-0.1, -0.05) is 6.42 Å². The number of hydrogen-bond donors (Lipinski definition) is 2. The number of methoxy groups -OCH3 is 1. The molecule has 0 radical (unpaired) electrons. The third kappa shape index (κ3) is 3.62. The molecule has 1 fully saturated rings. The molecule has 2 atom stereocenters. The number of nitrogens with zero attached hydrogens (tertiary/aromatic N) is 1. The SMILES string of the molecule is COc1cc(NC2CCCC(C(=O)O)C2)ccc1[N+](=O)[O-]. The number of ether oxygens (including phenoxy) is 1. The van der Waals surface area contributed by atoms with Gasteiger partial charge in [-0.15, -0.1) is 0 Å². The first-order valence-electron chi connectivity index (χ1n) is 6.83. The zero-order valence-corrected chi connectivity index (χ0v) is 11.7. The van der Waals surface area contributed by atoms with Gasteiger partial charge in [-0.25, -0.2) is 0 Å². The number of carboxylic acid groups (broad SMARTS) is 1. The second-order valence-electron chi connectivity index (χ2n) is 5.19. The lowest BCUT2D eigenvalue weighted by atomic mass is 9.85. The summed E-state index contributed by atoms with van der Waals surface area (Å²) >= 11 is 0. The van der Waals surface area contributed by atoms with Gasteiger partial charge in [-0.2, -0.15) is 0 Å². The summed E-state index contributed by atoms with van der Waals surface area (Å²) in [5.74, 6) is -0.894. The fourth-order valence-electron chi connectivity index (χ4n) is 2.70. The molecule has 7 heteroatoms. The molecule has 0 saturated heterocycles. The molecule has 2 unspecified atom stereocenters. The molecule has 1 aromatic rings. The van der Waals surface area contributed by atoms with Gasteiger partial charge in [0.15, 0.2) is 5.75 Å². The zero-order chi connectivity index (χ0) is 15.4. The van der Waals surface area contributed by atoms with Crippen LogP contribution < -0.4 is 10.1 Å². The zero-order valence-electron chi connectivity index (χ0n) is 11.7. The van der Waals surface area contributed by atoms with Gasteiger partial charge >= 0.3 is 11.7 Å². The van der Waals surface area contributed by atoms with Crippen LogP contribution in [-0.4, -0.2) is 29.2 Å². The molecule has 114 valence electrons.